The standard InChI is InChI=1S/C20H16N4O7/c1-19(2)6-11(25)13-12(7-19)31-16-14(15(26)22-18(28)23-16)20(13)9-5-8(24(29)30)3-4-10(9)21-17(20)27/h3-5H,6-7H2,1-2H3,(H,21,27)(H2,22,23,26,28). The quantitative estimate of drug-likeness (QED) is 0.458. The van der Waals surface area contributed by atoms with Crippen molar-refractivity contribution in [3.63, 3.8) is 0 Å². The van der Waals surface area contributed by atoms with Crippen LogP contribution in [0.25, 0.3) is 0 Å². The Kier molecular flexibility index (Phi) is 3.54. The molecule has 3 N–H and O–H groups in total. The maximum absolute atomic E-state index is 13.5. The van der Waals surface area contributed by atoms with Gasteiger partial charge < -0.3 is 10.1 Å². The third-order valence-electron chi connectivity index (χ3n) is 5.93. The fraction of sp³-hybridized carbons (Fsp3) is 0.300. The number of nitro groups is 1. The summed E-state index contributed by atoms with van der Waals surface area (Å²) in [7, 11) is 0. The number of carbonyl (C=O) groups excluding carboxylic acids is 2. The summed E-state index contributed by atoms with van der Waals surface area (Å²) in [5.41, 5.74) is -4.53. The lowest BCUT2D eigenvalue weighted by Gasteiger charge is -2.41. The molecule has 1 spiro atoms. The van der Waals surface area contributed by atoms with Crippen LogP contribution in [0.5, 0.6) is 5.88 Å². The van der Waals surface area contributed by atoms with Gasteiger partial charge in [0.1, 0.15) is 16.7 Å². The number of allylic oxidation sites excluding steroid dienone is 1. The van der Waals surface area contributed by atoms with Crippen LogP contribution in [-0.2, 0) is 15.0 Å². The molecule has 1 amide bonds. The molecule has 0 bridgehead atoms. The zero-order chi connectivity index (χ0) is 22.3. The summed E-state index contributed by atoms with van der Waals surface area (Å²) in [5, 5.41) is 14.1. The van der Waals surface area contributed by atoms with Crippen molar-refractivity contribution in [1.29, 1.82) is 0 Å². The first kappa shape index (κ1) is 19.0. The summed E-state index contributed by atoms with van der Waals surface area (Å²) in [6.07, 6.45) is 0.354. The predicted molar refractivity (Wildman–Crippen MR) is 106 cm³/mol. The number of Topliss-reactive ketones (excluding diaryl/α,β-unsaturated/α-hetero) is 1. The van der Waals surface area contributed by atoms with Crippen molar-refractivity contribution in [3.05, 3.63) is 71.6 Å². The highest BCUT2D eigenvalue weighted by Gasteiger charge is 2.61. The molecule has 11 heteroatoms. The highest BCUT2D eigenvalue weighted by molar-refractivity contribution is 6.19. The number of amides is 1. The van der Waals surface area contributed by atoms with E-state index in [9.17, 15) is 29.3 Å². The number of anilines is 1. The van der Waals surface area contributed by atoms with E-state index in [2.05, 4.69) is 15.3 Å². The van der Waals surface area contributed by atoms with Gasteiger partial charge in [-0.1, -0.05) is 13.8 Å². The number of hydrogen-bond acceptors (Lipinski definition) is 7. The van der Waals surface area contributed by atoms with E-state index in [1.54, 1.807) is 0 Å². The van der Waals surface area contributed by atoms with E-state index in [0.717, 1.165) is 0 Å². The summed E-state index contributed by atoms with van der Waals surface area (Å²) in [5.74, 6) is -1.22. The Morgan fingerprint density at radius 2 is 1.84 bits per heavy atom. The number of benzene rings is 1. The number of nitro benzene ring substituents is 1. The smallest absolute Gasteiger partial charge is 0.328 e. The van der Waals surface area contributed by atoms with Gasteiger partial charge >= 0.3 is 5.69 Å². The lowest BCUT2D eigenvalue weighted by atomic mass is 9.62. The number of non-ortho nitro benzene ring substituents is 1. The summed E-state index contributed by atoms with van der Waals surface area (Å²) in [6.45, 7) is 3.71. The summed E-state index contributed by atoms with van der Waals surface area (Å²) >= 11 is 0. The molecule has 0 fully saturated rings. The number of fused-ring (bicyclic) bond motifs is 5. The highest BCUT2D eigenvalue weighted by atomic mass is 16.6. The molecule has 31 heavy (non-hydrogen) atoms. The van der Waals surface area contributed by atoms with Crippen LogP contribution in [0.1, 0.15) is 37.8 Å². The number of nitrogens with one attached hydrogen (secondary N) is 3. The van der Waals surface area contributed by atoms with Gasteiger partial charge in [0.15, 0.2) is 5.78 Å². The molecule has 3 heterocycles. The Labute approximate surface area is 173 Å². The number of carbonyl (C=O) groups is 2. The van der Waals surface area contributed by atoms with Crippen molar-refractivity contribution in [2.24, 2.45) is 5.41 Å². The number of ether oxygens (including phenoxy) is 1. The minimum absolute atomic E-state index is 0.0337. The Balaban J connectivity index is 1.95. The molecule has 2 aliphatic heterocycles. The van der Waals surface area contributed by atoms with Crippen molar-refractivity contribution < 1.29 is 19.2 Å². The molecule has 5 rings (SSSR count). The number of aromatic nitrogens is 2. The predicted octanol–water partition coefficient (Wildman–Crippen LogP) is 1.25. The average Bonchev–Trinajstić information content (AvgIpc) is 2.91. The van der Waals surface area contributed by atoms with Crippen molar-refractivity contribution in [2.75, 3.05) is 5.32 Å². The molecule has 1 unspecified atom stereocenters. The zero-order valence-electron chi connectivity index (χ0n) is 16.5. The first-order chi connectivity index (χ1) is 14.5. The van der Waals surface area contributed by atoms with Crippen LogP contribution in [0.2, 0.25) is 0 Å². The lowest BCUT2D eigenvalue weighted by Crippen LogP contribution is -2.51. The highest BCUT2D eigenvalue weighted by Crippen LogP contribution is 2.56. The van der Waals surface area contributed by atoms with Crippen molar-refractivity contribution in [3.8, 4) is 5.88 Å². The van der Waals surface area contributed by atoms with Crippen LogP contribution in [0.4, 0.5) is 11.4 Å². The fourth-order valence-corrected chi connectivity index (χ4v) is 4.80. The molecular weight excluding hydrogens is 408 g/mol. The monoisotopic (exact) mass is 424 g/mol. The van der Waals surface area contributed by atoms with E-state index in [4.69, 9.17) is 4.74 Å². The molecule has 0 radical (unpaired) electrons. The molecule has 1 atom stereocenters. The summed E-state index contributed by atoms with van der Waals surface area (Å²) < 4.78 is 5.80. The number of nitrogens with zero attached hydrogens (tertiary/aromatic N) is 1. The SMILES string of the molecule is CC1(C)CC(=O)C2=C(C1)Oc1[nH]c(=O)[nH]c(=O)c1C21C(=O)Nc2ccc([N+](=O)[O-])cc21. The number of rotatable bonds is 1. The van der Waals surface area contributed by atoms with E-state index in [0.29, 0.717) is 0 Å². The zero-order valence-corrected chi connectivity index (χ0v) is 16.5. The molecule has 158 valence electrons. The Hall–Kier alpha value is -4.02. The van der Waals surface area contributed by atoms with Gasteiger partial charge in [-0.25, -0.2) is 4.79 Å². The maximum Gasteiger partial charge on any atom is 0.328 e. The molecule has 0 saturated heterocycles. The minimum atomic E-state index is -1.98. The Bertz CT molecular complexity index is 1380. The van der Waals surface area contributed by atoms with Crippen LogP contribution in [0, 0.1) is 15.5 Å². The van der Waals surface area contributed by atoms with Gasteiger partial charge in [0.2, 0.25) is 11.8 Å². The second-order valence-electron chi connectivity index (χ2n) is 8.64. The van der Waals surface area contributed by atoms with Crippen LogP contribution >= 0.6 is 0 Å². The van der Waals surface area contributed by atoms with Gasteiger partial charge in [-0.2, -0.15) is 0 Å². The van der Waals surface area contributed by atoms with Gasteiger partial charge in [-0.3, -0.25) is 34.5 Å². The molecular formula is C20H16N4O7. The van der Waals surface area contributed by atoms with E-state index < -0.39 is 38.7 Å². The Morgan fingerprint density at radius 3 is 2.55 bits per heavy atom. The van der Waals surface area contributed by atoms with Crippen molar-refractivity contribution >= 4 is 23.1 Å². The lowest BCUT2D eigenvalue weighted by molar-refractivity contribution is -0.384. The molecule has 2 aromatic rings. The second-order valence-corrected chi connectivity index (χ2v) is 8.64. The van der Waals surface area contributed by atoms with E-state index >= 15 is 0 Å². The first-order valence-electron chi connectivity index (χ1n) is 9.47. The maximum atomic E-state index is 13.5. The van der Waals surface area contributed by atoms with E-state index in [1.165, 1.54) is 18.2 Å². The van der Waals surface area contributed by atoms with Crippen LogP contribution < -0.4 is 21.3 Å². The number of H-pyrrole nitrogens is 2. The number of aromatic amines is 2. The third-order valence-corrected chi connectivity index (χ3v) is 5.93. The fourth-order valence-electron chi connectivity index (χ4n) is 4.80. The Morgan fingerprint density at radius 1 is 1.10 bits per heavy atom. The molecule has 1 aliphatic carbocycles. The number of ketones is 1. The molecule has 1 aromatic carbocycles. The molecule has 3 aliphatic rings. The van der Waals surface area contributed by atoms with Crippen molar-refractivity contribution in [1.82, 2.24) is 9.97 Å². The van der Waals surface area contributed by atoms with Gasteiger partial charge in [0.05, 0.1) is 10.5 Å². The van der Waals surface area contributed by atoms with Crippen LogP contribution in [-0.4, -0.2) is 26.6 Å². The van der Waals surface area contributed by atoms with Crippen molar-refractivity contribution in [2.45, 2.75) is 32.1 Å². The number of hydrogen-bond donors (Lipinski definition) is 3. The normalized spacial score (nSPS) is 23.0. The molecule has 1 aromatic heterocycles. The van der Waals surface area contributed by atoms with Gasteiger partial charge in [0.25, 0.3) is 11.2 Å². The van der Waals surface area contributed by atoms with Crippen LogP contribution in [0.15, 0.2) is 39.1 Å². The second kappa shape index (κ2) is 5.78. The molecule has 0 saturated carbocycles. The van der Waals surface area contributed by atoms with Gasteiger partial charge in [-0.05, 0) is 11.5 Å². The van der Waals surface area contributed by atoms with Gasteiger partial charge in [0, 0.05) is 36.2 Å². The summed E-state index contributed by atoms with van der Waals surface area (Å²) in [6, 6.07) is 3.74. The van der Waals surface area contributed by atoms with Gasteiger partial charge in [-0.15, -0.1) is 0 Å². The van der Waals surface area contributed by atoms with Crippen LogP contribution in [0.3, 0.4) is 0 Å². The summed E-state index contributed by atoms with van der Waals surface area (Å²) in [4.78, 5) is 66.9. The van der Waals surface area contributed by atoms with E-state index in [1.807, 2.05) is 13.8 Å². The topological polar surface area (TPSA) is 164 Å². The average molecular weight is 424 g/mol. The largest absolute Gasteiger partial charge is 0.444 e. The minimum Gasteiger partial charge on any atom is -0.444 e. The third kappa shape index (κ3) is 2.39. The van der Waals surface area contributed by atoms with E-state index in [-0.39, 0.29) is 52.6 Å². The first-order valence-corrected chi connectivity index (χ1v) is 9.47. The molecule has 11 nitrogen and oxygen atoms in total.